The summed E-state index contributed by atoms with van der Waals surface area (Å²) in [5, 5.41) is 2.82. The summed E-state index contributed by atoms with van der Waals surface area (Å²) in [6, 6.07) is 21.5. The molecule has 2 atom stereocenters. The monoisotopic (exact) mass is 445 g/mol. The first-order valence-electron chi connectivity index (χ1n) is 11.5. The van der Waals surface area contributed by atoms with Crippen molar-refractivity contribution in [1.82, 2.24) is 4.90 Å². The predicted octanol–water partition coefficient (Wildman–Crippen LogP) is 4.84. The Labute approximate surface area is 195 Å². The Morgan fingerprint density at radius 2 is 1.91 bits per heavy atom. The van der Waals surface area contributed by atoms with E-state index in [-0.39, 0.29) is 23.8 Å². The summed E-state index contributed by atoms with van der Waals surface area (Å²) in [6.45, 7) is 6.54. The van der Waals surface area contributed by atoms with Gasteiger partial charge in [0.25, 0.3) is 5.91 Å². The molecule has 1 fully saturated rings. The molecule has 172 valence electrons. The van der Waals surface area contributed by atoms with E-state index < -0.39 is 0 Å². The number of amides is 2. The summed E-state index contributed by atoms with van der Waals surface area (Å²) in [5.41, 5.74) is 2.78. The number of benzene rings is 2. The van der Waals surface area contributed by atoms with Crippen LogP contribution in [0.25, 0.3) is 0 Å². The molecule has 0 bridgehead atoms. The predicted molar refractivity (Wildman–Crippen MR) is 130 cm³/mol. The van der Waals surface area contributed by atoms with E-state index in [4.69, 9.17) is 4.42 Å². The number of anilines is 2. The van der Waals surface area contributed by atoms with E-state index >= 15 is 0 Å². The number of carbonyl (C=O) groups excluding carboxylic acids is 2. The number of hydrogen-bond donors (Lipinski definition) is 1. The van der Waals surface area contributed by atoms with Crippen molar-refractivity contribution in [3.8, 4) is 0 Å². The molecule has 0 unspecified atom stereocenters. The number of rotatable bonds is 7. The normalized spacial score (nSPS) is 18.6. The molecule has 1 N–H and O–H groups in total. The van der Waals surface area contributed by atoms with E-state index in [0.29, 0.717) is 11.4 Å². The van der Waals surface area contributed by atoms with Gasteiger partial charge in [0.1, 0.15) is 0 Å². The summed E-state index contributed by atoms with van der Waals surface area (Å²) in [4.78, 5) is 29.4. The van der Waals surface area contributed by atoms with Gasteiger partial charge in [-0.15, -0.1) is 0 Å². The topological polar surface area (TPSA) is 65.8 Å². The maximum absolute atomic E-state index is 13.5. The van der Waals surface area contributed by atoms with Crippen LogP contribution in [-0.2, 0) is 11.2 Å². The highest BCUT2D eigenvalue weighted by Gasteiger charge is 2.35. The van der Waals surface area contributed by atoms with Gasteiger partial charge in [0.2, 0.25) is 5.91 Å². The molecule has 2 amide bonds. The van der Waals surface area contributed by atoms with Crippen molar-refractivity contribution < 1.29 is 14.0 Å². The van der Waals surface area contributed by atoms with Gasteiger partial charge < -0.3 is 19.5 Å². The summed E-state index contributed by atoms with van der Waals surface area (Å²) >= 11 is 0. The van der Waals surface area contributed by atoms with E-state index in [2.05, 4.69) is 41.4 Å². The van der Waals surface area contributed by atoms with Gasteiger partial charge in [-0.3, -0.25) is 9.59 Å². The van der Waals surface area contributed by atoms with Crippen molar-refractivity contribution >= 4 is 23.2 Å². The zero-order valence-corrected chi connectivity index (χ0v) is 19.2. The van der Waals surface area contributed by atoms with Crippen LogP contribution >= 0.6 is 0 Å². The SMILES string of the molecule is CC(=O)Nc1cccc(N(C(=O)c2ccco2)[C@@H]2CCN(CCc3ccccc3)C[C@H]2C)c1. The fourth-order valence-corrected chi connectivity index (χ4v) is 4.65. The van der Waals surface area contributed by atoms with Crippen molar-refractivity contribution in [1.29, 1.82) is 0 Å². The lowest BCUT2D eigenvalue weighted by molar-refractivity contribution is -0.114. The summed E-state index contributed by atoms with van der Waals surface area (Å²) in [6.07, 6.45) is 3.41. The van der Waals surface area contributed by atoms with E-state index in [9.17, 15) is 9.59 Å². The molecular weight excluding hydrogens is 414 g/mol. The maximum Gasteiger partial charge on any atom is 0.294 e. The molecule has 0 aliphatic carbocycles. The zero-order chi connectivity index (χ0) is 23.2. The number of nitrogens with one attached hydrogen (secondary N) is 1. The van der Waals surface area contributed by atoms with Gasteiger partial charge in [0.15, 0.2) is 5.76 Å². The Hall–Kier alpha value is -3.38. The molecule has 2 heterocycles. The first-order valence-corrected chi connectivity index (χ1v) is 11.5. The number of likely N-dealkylation sites (tertiary alicyclic amines) is 1. The standard InChI is InChI=1S/C27H31N3O3/c1-20-19-29(15-13-22-8-4-3-5-9-22)16-14-25(20)30(27(32)26-12-7-17-33-26)24-11-6-10-23(18-24)28-21(2)31/h3-12,17-18,20,25H,13-16,19H2,1-2H3,(H,28,31)/t20-,25-/m1/s1. The molecule has 3 aromatic rings. The van der Waals surface area contributed by atoms with Gasteiger partial charge in [0, 0.05) is 44.0 Å². The molecule has 33 heavy (non-hydrogen) atoms. The lowest BCUT2D eigenvalue weighted by Crippen LogP contribution is -2.52. The van der Waals surface area contributed by atoms with Gasteiger partial charge in [-0.25, -0.2) is 0 Å². The van der Waals surface area contributed by atoms with Gasteiger partial charge in [0.05, 0.1) is 6.26 Å². The number of furan rings is 1. The van der Waals surface area contributed by atoms with E-state index in [1.54, 1.807) is 12.1 Å². The Kier molecular flexibility index (Phi) is 7.25. The second-order valence-electron chi connectivity index (χ2n) is 8.75. The van der Waals surface area contributed by atoms with Crippen LogP contribution in [0.4, 0.5) is 11.4 Å². The minimum atomic E-state index is -0.158. The van der Waals surface area contributed by atoms with Crippen molar-refractivity contribution in [3.63, 3.8) is 0 Å². The smallest absolute Gasteiger partial charge is 0.294 e. The third-order valence-electron chi connectivity index (χ3n) is 6.23. The van der Waals surface area contributed by atoms with Crippen LogP contribution in [0.1, 0.15) is 36.4 Å². The molecule has 1 aromatic heterocycles. The fraction of sp³-hybridized carbons (Fsp3) is 0.333. The zero-order valence-electron chi connectivity index (χ0n) is 19.2. The second-order valence-corrected chi connectivity index (χ2v) is 8.75. The molecule has 0 saturated carbocycles. The molecule has 2 aromatic carbocycles. The minimum absolute atomic E-state index is 0.0307. The minimum Gasteiger partial charge on any atom is -0.459 e. The van der Waals surface area contributed by atoms with Crippen LogP contribution in [0.2, 0.25) is 0 Å². The van der Waals surface area contributed by atoms with Crippen LogP contribution < -0.4 is 10.2 Å². The average molecular weight is 446 g/mol. The molecule has 6 heteroatoms. The quantitative estimate of drug-likeness (QED) is 0.565. The molecular formula is C27H31N3O3. The highest BCUT2D eigenvalue weighted by Crippen LogP contribution is 2.31. The van der Waals surface area contributed by atoms with E-state index in [0.717, 1.165) is 38.2 Å². The van der Waals surface area contributed by atoms with Crippen LogP contribution in [0.5, 0.6) is 0 Å². The fourth-order valence-electron chi connectivity index (χ4n) is 4.65. The Bertz CT molecular complexity index is 1070. The van der Waals surface area contributed by atoms with E-state index in [1.807, 2.05) is 35.2 Å². The number of hydrogen-bond acceptors (Lipinski definition) is 4. The molecule has 6 nitrogen and oxygen atoms in total. The average Bonchev–Trinajstić information content (AvgIpc) is 3.35. The second kappa shape index (κ2) is 10.5. The largest absolute Gasteiger partial charge is 0.459 e. The van der Waals surface area contributed by atoms with Crippen molar-refractivity contribution in [2.45, 2.75) is 32.7 Å². The lowest BCUT2D eigenvalue weighted by atomic mass is 9.91. The highest BCUT2D eigenvalue weighted by atomic mass is 16.3. The van der Waals surface area contributed by atoms with Gasteiger partial charge in [-0.2, -0.15) is 0 Å². The molecule has 4 rings (SSSR count). The highest BCUT2D eigenvalue weighted by molar-refractivity contribution is 6.05. The van der Waals surface area contributed by atoms with Crippen molar-refractivity contribution in [2.75, 3.05) is 29.9 Å². The third kappa shape index (κ3) is 5.71. The summed E-state index contributed by atoms with van der Waals surface area (Å²) in [7, 11) is 0. The number of piperidine rings is 1. The number of carbonyl (C=O) groups is 2. The van der Waals surface area contributed by atoms with Gasteiger partial charge in [-0.1, -0.05) is 43.3 Å². The van der Waals surface area contributed by atoms with Crippen LogP contribution in [0.3, 0.4) is 0 Å². The van der Waals surface area contributed by atoms with E-state index in [1.165, 1.54) is 18.8 Å². The molecule has 1 aliphatic rings. The molecule has 0 spiro atoms. The summed E-state index contributed by atoms with van der Waals surface area (Å²) in [5.74, 6) is 0.294. The van der Waals surface area contributed by atoms with Crippen molar-refractivity contribution in [3.05, 3.63) is 84.3 Å². The first-order chi connectivity index (χ1) is 16.0. The van der Waals surface area contributed by atoms with Gasteiger partial charge in [-0.05, 0) is 54.7 Å². The Morgan fingerprint density at radius 1 is 1.09 bits per heavy atom. The third-order valence-corrected chi connectivity index (χ3v) is 6.23. The molecule has 0 radical (unpaired) electrons. The van der Waals surface area contributed by atoms with Crippen LogP contribution in [-0.4, -0.2) is 42.4 Å². The molecule has 1 aliphatic heterocycles. The Morgan fingerprint density at radius 3 is 2.61 bits per heavy atom. The van der Waals surface area contributed by atoms with Crippen molar-refractivity contribution in [2.24, 2.45) is 5.92 Å². The summed E-state index contributed by atoms with van der Waals surface area (Å²) < 4.78 is 5.46. The van der Waals surface area contributed by atoms with Crippen LogP contribution in [0.15, 0.2) is 77.4 Å². The van der Waals surface area contributed by atoms with Gasteiger partial charge >= 0.3 is 0 Å². The maximum atomic E-state index is 13.5. The first kappa shape index (κ1) is 22.8. The number of nitrogens with zero attached hydrogens (tertiary/aromatic N) is 2. The molecule has 1 saturated heterocycles. The lowest BCUT2D eigenvalue weighted by Gasteiger charge is -2.42. The Balaban J connectivity index is 1.52. The van der Waals surface area contributed by atoms with Crippen LogP contribution in [0, 0.1) is 5.92 Å².